The van der Waals surface area contributed by atoms with Gasteiger partial charge >= 0.3 is 5.97 Å². The molecule has 1 aliphatic rings. The Labute approximate surface area is 243 Å². The largest absolute Gasteiger partial charge is 0.331 e. The van der Waals surface area contributed by atoms with Crippen LogP contribution in [-0.4, -0.2) is 47.8 Å². The summed E-state index contributed by atoms with van der Waals surface area (Å²) in [7, 11) is 3.82. The number of oxime groups is 1. The molecule has 0 aromatic heterocycles. The van der Waals surface area contributed by atoms with Gasteiger partial charge in [0.1, 0.15) is 5.71 Å². The topological polar surface area (TPSA) is 76.0 Å². The van der Waals surface area contributed by atoms with Crippen LogP contribution in [-0.2, 0) is 9.63 Å². The molecule has 3 aromatic rings. The van der Waals surface area contributed by atoms with Crippen molar-refractivity contribution in [3.8, 4) is 11.1 Å². The summed E-state index contributed by atoms with van der Waals surface area (Å²) < 4.78 is 0. The fourth-order valence-corrected chi connectivity index (χ4v) is 5.29. The van der Waals surface area contributed by atoms with Gasteiger partial charge < -0.3 is 4.84 Å². The van der Waals surface area contributed by atoms with E-state index in [-0.39, 0.29) is 23.2 Å². The van der Waals surface area contributed by atoms with Gasteiger partial charge in [-0.25, -0.2) is 4.79 Å². The second-order valence-electron chi connectivity index (χ2n) is 11.5. The number of benzene rings is 3. The number of hydrogen-bond donors (Lipinski definition) is 0. The highest BCUT2D eigenvalue weighted by molar-refractivity contribution is 6.46. The Bertz CT molecular complexity index is 1470. The molecule has 0 saturated heterocycles. The van der Waals surface area contributed by atoms with Gasteiger partial charge in [0.2, 0.25) is 5.78 Å². The first kappa shape index (κ1) is 30.1. The normalized spacial score (nSPS) is 14.5. The first-order valence-electron chi connectivity index (χ1n) is 14.4. The number of rotatable bonds is 12. The standard InChI is InChI=1S/C35H40N2O4/c1-7-8-9-10-15-31(36-41-23(2)38)33(39)26-20-21-29-30(22-26)27-13-11-12-14-28(27)32(29)24-16-18-25(19-17-24)34(40)35(3,4)37(5)6/h11-14,16-22,32H,7-10,15H2,1-6H3/b36-31+. The second kappa shape index (κ2) is 12.7. The molecule has 0 aliphatic heterocycles. The second-order valence-corrected chi connectivity index (χ2v) is 11.5. The highest BCUT2D eigenvalue weighted by Gasteiger charge is 2.33. The molecule has 0 N–H and O–H groups in total. The Kier molecular flexibility index (Phi) is 9.34. The van der Waals surface area contributed by atoms with Crippen LogP contribution in [0.3, 0.4) is 0 Å². The van der Waals surface area contributed by atoms with Gasteiger partial charge in [-0.1, -0.05) is 92.0 Å². The zero-order valence-electron chi connectivity index (χ0n) is 25.0. The van der Waals surface area contributed by atoms with Gasteiger partial charge in [0.15, 0.2) is 5.78 Å². The number of hydrogen-bond acceptors (Lipinski definition) is 6. The molecule has 0 fully saturated rings. The van der Waals surface area contributed by atoms with Gasteiger partial charge in [0, 0.05) is 24.0 Å². The molecule has 214 valence electrons. The fourth-order valence-electron chi connectivity index (χ4n) is 5.29. The third-order valence-electron chi connectivity index (χ3n) is 8.18. The summed E-state index contributed by atoms with van der Waals surface area (Å²) in [5, 5.41) is 3.94. The van der Waals surface area contributed by atoms with Gasteiger partial charge in [0.05, 0.1) is 5.54 Å². The molecule has 0 amide bonds. The van der Waals surface area contributed by atoms with Gasteiger partial charge in [-0.3, -0.25) is 14.5 Å². The maximum Gasteiger partial charge on any atom is 0.331 e. The molecule has 0 saturated carbocycles. The van der Waals surface area contributed by atoms with Gasteiger partial charge in [-0.2, -0.15) is 0 Å². The Balaban J connectivity index is 1.68. The predicted molar refractivity (Wildman–Crippen MR) is 164 cm³/mol. The van der Waals surface area contributed by atoms with Crippen LogP contribution in [0, 0.1) is 0 Å². The van der Waals surface area contributed by atoms with E-state index in [9.17, 15) is 14.4 Å². The van der Waals surface area contributed by atoms with Crippen LogP contribution in [0.15, 0.2) is 71.9 Å². The van der Waals surface area contributed by atoms with Crippen molar-refractivity contribution in [3.63, 3.8) is 0 Å². The molecule has 1 atom stereocenters. The average Bonchev–Trinajstić information content (AvgIpc) is 3.29. The lowest BCUT2D eigenvalue weighted by Crippen LogP contribution is -2.45. The van der Waals surface area contributed by atoms with E-state index in [4.69, 9.17) is 4.84 Å². The first-order valence-corrected chi connectivity index (χ1v) is 14.4. The van der Waals surface area contributed by atoms with Crippen molar-refractivity contribution in [3.05, 3.63) is 94.5 Å². The molecule has 6 heteroatoms. The maximum atomic E-state index is 13.6. The van der Waals surface area contributed by atoms with Crippen molar-refractivity contribution in [1.82, 2.24) is 4.90 Å². The number of fused-ring (bicyclic) bond motifs is 3. The van der Waals surface area contributed by atoms with E-state index in [2.05, 4.69) is 24.2 Å². The lowest BCUT2D eigenvalue weighted by Gasteiger charge is -2.31. The van der Waals surface area contributed by atoms with Crippen LogP contribution in [0.4, 0.5) is 0 Å². The molecule has 0 radical (unpaired) electrons. The van der Waals surface area contributed by atoms with Gasteiger partial charge in [-0.05, 0) is 74.7 Å². The minimum absolute atomic E-state index is 0.0143. The van der Waals surface area contributed by atoms with Crippen molar-refractivity contribution in [2.45, 2.75) is 71.3 Å². The monoisotopic (exact) mass is 552 g/mol. The van der Waals surface area contributed by atoms with Gasteiger partial charge in [0.25, 0.3) is 0 Å². The summed E-state index contributed by atoms with van der Waals surface area (Å²) in [6, 6.07) is 21.9. The average molecular weight is 553 g/mol. The number of Topliss-reactive ketones (excluding diaryl/α,β-unsaturated/α-hetero) is 2. The van der Waals surface area contributed by atoms with Crippen molar-refractivity contribution < 1.29 is 19.2 Å². The SMILES string of the molecule is CCCCCC/C(=N\OC(C)=O)C(=O)c1ccc2c(c1)-c1ccccc1C2c1ccc(C(=O)C(C)(C)N(C)C)cc1. The number of unbranched alkanes of at least 4 members (excludes halogenated alkanes) is 3. The smallest absolute Gasteiger partial charge is 0.318 e. The summed E-state index contributed by atoms with van der Waals surface area (Å²) >= 11 is 0. The minimum atomic E-state index is -0.607. The third kappa shape index (κ3) is 6.38. The first-order chi connectivity index (χ1) is 19.6. The molecule has 6 nitrogen and oxygen atoms in total. The van der Waals surface area contributed by atoms with Crippen LogP contribution in [0.1, 0.15) is 103 Å². The number of carbonyl (C=O) groups excluding carboxylic acids is 3. The molecule has 4 rings (SSSR count). The quantitative estimate of drug-likeness (QED) is 0.0600. The summed E-state index contributed by atoms with van der Waals surface area (Å²) in [6.45, 7) is 7.27. The van der Waals surface area contributed by atoms with Crippen LogP contribution in [0.25, 0.3) is 11.1 Å². The number of likely N-dealkylation sites (N-methyl/N-ethyl adjacent to an activating group) is 1. The van der Waals surface area contributed by atoms with E-state index in [1.165, 1.54) is 6.92 Å². The van der Waals surface area contributed by atoms with Crippen molar-refractivity contribution >= 4 is 23.2 Å². The van der Waals surface area contributed by atoms with Crippen molar-refractivity contribution in [2.75, 3.05) is 14.1 Å². The van der Waals surface area contributed by atoms with Crippen molar-refractivity contribution in [1.29, 1.82) is 0 Å². The lowest BCUT2D eigenvalue weighted by atomic mass is 9.86. The highest BCUT2D eigenvalue weighted by atomic mass is 16.7. The molecule has 41 heavy (non-hydrogen) atoms. The minimum Gasteiger partial charge on any atom is -0.318 e. The number of carbonyl (C=O) groups is 3. The Morgan fingerprint density at radius 3 is 2.17 bits per heavy atom. The van der Waals surface area contributed by atoms with Crippen molar-refractivity contribution in [2.24, 2.45) is 5.16 Å². The zero-order chi connectivity index (χ0) is 29.7. The predicted octanol–water partition coefficient (Wildman–Crippen LogP) is 7.44. The van der Waals surface area contributed by atoms with Crippen LogP contribution in [0.5, 0.6) is 0 Å². The Morgan fingerprint density at radius 2 is 1.51 bits per heavy atom. The summed E-state index contributed by atoms with van der Waals surface area (Å²) in [5.41, 5.74) is 6.30. The van der Waals surface area contributed by atoms with E-state index < -0.39 is 11.5 Å². The molecule has 1 unspecified atom stereocenters. The molecular formula is C35H40N2O4. The van der Waals surface area contributed by atoms with E-state index in [0.29, 0.717) is 17.5 Å². The summed E-state index contributed by atoms with van der Waals surface area (Å²) in [5.74, 6) is -0.713. The summed E-state index contributed by atoms with van der Waals surface area (Å²) in [6.07, 6.45) is 4.41. The molecule has 1 aliphatic carbocycles. The number of ketones is 2. The molecular weight excluding hydrogens is 512 g/mol. The molecule has 3 aromatic carbocycles. The van der Waals surface area contributed by atoms with Crippen LogP contribution >= 0.6 is 0 Å². The molecule has 0 bridgehead atoms. The van der Waals surface area contributed by atoms with E-state index in [0.717, 1.165) is 53.5 Å². The lowest BCUT2D eigenvalue weighted by molar-refractivity contribution is -0.140. The van der Waals surface area contributed by atoms with Crippen LogP contribution < -0.4 is 0 Å². The highest BCUT2D eigenvalue weighted by Crippen LogP contribution is 2.48. The maximum absolute atomic E-state index is 13.6. The van der Waals surface area contributed by atoms with E-state index >= 15 is 0 Å². The fraction of sp³-hybridized carbons (Fsp3) is 0.371. The van der Waals surface area contributed by atoms with Gasteiger partial charge in [-0.15, -0.1) is 0 Å². The van der Waals surface area contributed by atoms with E-state index in [1.807, 2.05) is 87.4 Å². The Morgan fingerprint density at radius 1 is 0.854 bits per heavy atom. The van der Waals surface area contributed by atoms with Crippen LogP contribution in [0.2, 0.25) is 0 Å². The zero-order valence-corrected chi connectivity index (χ0v) is 25.0. The molecule has 0 heterocycles. The van der Waals surface area contributed by atoms with E-state index in [1.54, 1.807) is 0 Å². The third-order valence-corrected chi connectivity index (χ3v) is 8.18. The Hall–Kier alpha value is -3.90. The molecule has 0 spiro atoms. The summed E-state index contributed by atoms with van der Waals surface area (Å²) in [4.78, 5) is 45.0. The number of nitrogens with zero attached hydrogens (tertiary/aromatic N) is 2.